The predicted molar refractivity (Wildman–Crippen MR) is 76.3 cm³/mol. The van der Waals surface area contributed by atoms with Crippen LogP contribution >= 0.6 is 11.8 Å². The van der Waals surface area contributed by atoms with E-state index in [4.69, 9.17) is 0 Å². The molecule has 8 heteroatoms. The number of rotatable bonds is 5. The van der Waals surface area contributed by atoms with Gasteiger partial charge in [-0.1, -0.05) is 11.8 Å². The summed E-state index contributed by atoms with van der Waals surface area (Å²) >= 11 is 1.45. The van der Waals surface area contributed by atoms with Crippen molar-refractivity contribution < 1.29 is 9.53 Å². The van der Waals surface area contributed by atoms with Gasteiger partial charge in [-0.3, -0.25) is 9.55 Å². The summed E-state index contributed by atoms with van der Waals surface area (Å²) in [5.74, 6) is 0.176. The Bertz CT molecular complexity index is 703. The number of nitrogens with one attached hydrogen (secondary N) is 1. The summed E-state index contributed by atoms with van der Waals surface area (Å²) < 4.78 is 6.32. The minimum absolute atomic E-state index is 0.158. The summed E-state index contributed by atoms with van der Waals surface area (Å²) in [6.07, 6.45) is 3.54. The third kappa shape index (κ3) is 2.99. The van der Waals surface area contributed by atoms with E-state index in [0.29, 0.717) is 16.5 Å². The Morgan fingerprint density at radius 2 is 2.33 bits per heavy atom. The Hall–Kier alpha value is -2.09. The van der Waals surface area contributed by atoms with Gasteiger partial charge in [0.25, 0.3) is 0 Å². The first-order valence-electron chi connectivity index (χ1n) is 6.52. The highest BCUT2D eigenvalue weighted by Crippen LogP contribution is 2.36. The van der Waals surface area contributed by atoms with Crippen LogP contribution in [0.1, 0.15) is 34.9 Å². The SMILES string of the molecule is COC(=O)c1ccc(CSc2n[nH]c(=O)n2C2CC2)nc1. The van der Waals surface area contributed by atoms with Crippen LogP contribution in [0.4, 0.5) is 0 Å². The van der Waals surface area contributed by atoms with Crippen molar-refractivity contribution in [1.29, 1.82) is 0 Å². The molecule has 0 atom stereocenters. The number of ether oxygens (including phenoxy) is 1. The van der Waals surface area contributed by atoms with Crippen LogP contribution in [0.25, 0.3) is 0 Å². The van der Waals surface area contributed by atoms with Crippen molar-refractivity contribution in [2.45, 2.75) is 29.8 Å². The van der Waals surface area contributed by atoms with E-state index >= 15 is 0 Å². The van der Waals surface area contributed by atoms with Crippen molar-refractivity contribution in [2.75, 3.05) is 7.11 Å². The van der Waals surface area contributed by atoms with Crippen molar-refractivity contribution >= 4 is 17.7 Å². The van der Waals surface area contributed by atoms with Crippen LogP contribution in [0.15, 0.2) is 28.3 Å². The van der Waals surface area contributed by atoms with Gasteiger partial charge in [-0.2, -0.15) is 0 Å². The average Bonchev–Trinajstić information content (AvgIpc) is 3.28. The Labute approximate surface area is 124 Å². The number of aromatic amines is 1. The first kappa shape index (κ1) is 13.9. The van der Waals surface area contributed by atoms with E-state index in [0.717, 1.165) is 18.5 Å². The molecule has 7 nitrogen and oxygen atoms in total. The molecule has 0 aliphatic heterocycles. The maximum atomic E-state index is 11.7. The standard InChI is InChI=1S/C13H14N4O3S/c1-20-11(18)8-2-3-9(14-6-8)7-21-13-16-15-12(19)17(13)10-4-5-10/h2-3,6,10H,4-5,7H2,1H3,(H,15,19). The smallest absolute Gasteiger partial charge is 0.344 e. The highest BCUT2D eigenvalue weighted by Gasteiger charge is 2.28. The molecular formula is C13H14N4O3S. The topological polar surface area (TPSA) is 89.9 Å². The van der Waals surface area contributed by atoms with Crippen molar-refractivity contribution in [1.82, 2.24) is 19.7 Å². The second-order valence-corrected chi connectivity index (χ2v) is 5.67. The molecule has 0 aromatic carbocycles. The molecule has 1 N–H and O–H groups in total. The number of aromatic nitrogens is 4. The number of carbonyl (C=O) groups is 1. The lowest BCUT2D eigenvalue weighted by molar-refractivity contribution is 0.0600. The van der Waals surface area contributed by atoms with Gasteiger partial charge in [0.15, 0.2) is 5.16 Å². The molecule has 1 saturated carbocycles. The molecule has 2 heterocycles. The van der Waals surface area contributed by atoms with E-state index < -0.39 is 5.97 Å². The van der Waals surface area contributed by atoms with Crippen LogP contribution in [0.3, 0.4) is 0 Å². The lowest BCUT2D eigenvalue weighted by atomic mass is 10.2. The number of pyridine rings is 1. The number of methoxy groups -OCH3 is 1. The van der Waals surface area contributed by atoms with Gasteiger partial charge in [0.05, 0.1) is 18.4 Å². The Morgan fingerprint density at radius 1 is 1.52 bits per heavy atom. The molecule has 0 radical (unpaired) electrons. The molecule has 0 saturated heterocycles. The molecule has 0 spiro atoms. The number of hydrogen-bond acceptors (Lipinski definition) is 6. The number of hydrogen-bond donors (Lipinski definition) is 1. The van der Waals surface area contributed by atoms with Crippen molar-refractivity contribution in [2.24, 2.45) is 0 Å². The fourth-order valence-electron chi connectivity index (χ4n) is 1.93. The van der Waals surface area contributed by atoms with Gasteiger partial charge in [0, 0.05) is 18.0 Å². The molecule has 2 aromatic heterocycles. The fourth-order valence-corrected chi connectivity index (χ4v) is 2.86. The molecule has 0 bridgehead atoms. The van der Waals surface area contributed by atoms with Crippen molar-refractivity contribution in [3.63, 3.8) is 0 Å². The van der Waals surface area contributed by atoms with Gasteiger partial charge in [-0.05, 0) is 25.0 Å². The van der Waals surface area contributed by atoms with Crippen molar-refractivity contribution in [3.8, 4) is 0 Å². The van der Waals surface area contributed by atoms with Gasteiger partial charge in [-0.15, -0.1) is 5.10 Å². The zero-order chi connectivity index (χ0) is 14.8. The third-order valence-electron chi connectivity index (χ3n) is 3.18. The summed E-state index contributed by atoms with van der Waals surface area (Å²) in [5, 5.41) is 7.20. The molecule has 1 aliphatic carbocycles. The minimum Gasteiger partial charge on any atom is -0.465 e. The summed E-state index contributed by atoms with van der Waals surface area (Å²) in [7, 11) is 1.33. The van der Waals surface area contributed by atoms with Gasteiger partial charge in [0.1, 0.15) is 0 Å². The molecule has 110 valence electrons. The first-order chi connectivity index (χ1) is 10.2. The molecule has 1 aliphatic rings. The zero-order valence-electron chi connectivity index (χ0n) is 11.4. The third-order valence-corrected chi connectivity index (χ3v) is 4.17. The highest BCUT2D eigenvalue weighted by atomic mass is 32.2. The molecule has 1 fully saturated rings. The number of carbonyl (C=O) groups excluding carboxylic acids is 1. The normalized spacial score (nSPS) is 14.1. The molecule has 2 aromatic rings. The van der Waals surface area contributed by atoms with Crippen LogP contribution in [0.5, 0.6) is 0 Å². The fraction of sp³-hybridized carbons (Fsp3) is 0.385. The lowest BCUT2D eigenvalue weighted by Crippen LogP contribution is -2.16. The summed E-state index contributed by atoms with van der Waals surface area (Å²) in [6.45, 7) is 0. The maximum absolute atomic E-state index is 11.7. The summed E-state index contributed by atoms with van der Waals surface area (Å²) in [5.41, 5.74) is 1.07. The Balaban J connectivity index is 1.68. The number of thioether (sulfide) groups is 1. The van der Waals surface area contributed by atoms with E-state index in [1.54, 1.807) is 16.7 Å². The van der Waals surface area contributed by atoms with Crippen molar-refractivity contribution in [3.05, 3.63) is 40.1 Å². The predicted octanol–water partition coefficient (Wildman–Crippen LogP) is 1.38. The van der Waals surface area contributed by atoms with Crippen LogP contribution in [0, 0.1) is 0 Å². The second-order valence-electron chi connectivity index (χ2n) is 4.73. The number of esters is 1. The zero-order valence-corrected chi connectivity index (χ0v) is 12.2. The molecule has 0 amide bonds. The Kier molecular flexibility index (Phi) is 3.78. The van der Waals surface area contributed by atoms with E-state index in [-0.39, 0.29) is 11.7 Å². The monoisotopic (exact) mass is 306 g/mol. The van der Waals surface area contributed by atoms with Gasteiger partial charge in [-0.25, -0.2) is 14.7 Å². The molecule has 3 rings (SSSR count). The highest BCUT2D eigenvalue weighted by molar-refractivity contribution is 7.98. The average molecular weight is 306 g/mol. The minimum atomic E-state index is -0.406. The largest absolute Gasteiger partial charge is 0.465 e. The summed E-state index contributed by atoms with van der Waals surface area (Å²) in [6, 6.07) is 3.73. The molecule has 21 heavy (non-hydrogen) atoms. The molecular weight excluding hydrogens is 292 g/mol. The van der Waals surface area contributed by atoms with E-state index in [2.05, 4.69) is 19.9 Å². The van der Waals surface area contributed by atoms with E-state index in [1.165, 1.54) is 25.1 Å². The number of H-pyrrole nitrogens is 1. The van der Waals surface area contributed by atoms with Crippen LogP contribution in [-0.2, 0) is 10.5 Å². The van der Waals surface area contributed by atoms with E-state index in [9.17, 15) is 9.59 Å². The quantitative estimate of drug-likeness (QED) is 0.663. The van der Waals surface area contributed by atoms with Crippen LogP contribution < -0.4 is 5.69 Å². The lowest BCUT2D eigenvalue weighted by Gasteiger charge is -2.04. The van der Waals surface area contributed by atoms with Gasteiger partial charge >= 0.3 is 11.7 Å². The van der Waals surface area contributed by atoms with Gasteiger partial charge < -0.3 is 4.74 Å². The summed E-state index contributed by atoms with van der Waals surface area (Å²) in [4.78, 5) is 27.2. The maximum Gasteiger partial charge on any atom is 0.344 e. The Morgan fingerprint density at radius 3 is 2.95 bits per heavy atom. The van der Waals surface area contributed by atoms with E-state index in [1.807, 2.05) is 0 Å². The first-order valence-corrected chi connectivity index (χ1v) is 7.50. The molecule has 0 unspecified atom stereocenters. The second kappa shape index (κ2) is 5.72. The van der Waals surface area contributed by atoms with Crippen LogP contribution in [0.2, 0.25) is 0 Å². The van der Waals surface area contributed by atoms with Crippen LogP contribution in [-0.4, -0.2) is 32.8 Å². The number of nitrogens with zero attached hydrogens (tertiary/aromatic N) is 3. The van der Waals surface area contributed by atoms with Gasteiger partial charge in [0.2, 0.25) is 0 Å².